The van der Waals surface area contributed by atoms with E-state index in [0.29, 0.717) is 5.41 Å². The van der Waals surface area contributed by atoms with Crippen LogP contribution in [0.2, 0.25) is 0 Å². The zero-order valence-electron chi connectivity index (χ0n) is 12.5. The van der Waals surface area contributed by atoms with Crippen LogP contribution in [0.5, 0.6) is 0 Å². The topological polar surface area (TPSA) is 15.3 Å². The highest BCUT2D eigenvalue weighted by Gasteiger charge is 2.43. The van der Waals surface area contributed by atoms with Gasteiger partial charge in [-0.15, -0.1) is 0 Å². The summed E-state index contributed by atoms with van der Waals surface area (Å²) < 4.78 is 0. The van der Waals surface area contributed by atoms with Crippen LogP contribution in [0.25, 0.3) is 0 Å². The van der Waals surface area contributed by atoms with Gasteiger partial charge in [0, 0.05) is 30.7 Å². The first-order chi connectivity index (χ1) is 9.86. The van der Waals surface area contributed by atoms with Crippen molar-refractivity contribution >= 4 is 5.69 Å². The average Bonchev–Trinajstić information content (AvgIpc) is 2.71. The van der Waals surface area contributed by atoms with Gasteiger partial charge >= 0.3 is 0 Å². The van der Waals surface area contributed by atoms with Crippen molar-refractivity contribution in [3.8, 4) is 0 Å². The Labute approximate surface area is 122 Å². The Kier molecular flexibility index (Phi) is 3.22. The number of fused-ring (bicyclic) bond motifs is 1. The first-order valence-electron chi connectivity index (χ1n) is 8.43. The molecular formula is C18H26N2. The van der Waals surface area contributed by atoms with E-state index in [1.807, 2.05) is 0 Å². The normalized spacial score (nSPS) is 24.9. The van der Waals surface area contributed by atoms with E-state index in [1.54, 1.807) is 11.1 Å². The van der Waals surface area contributed by atoms with Gasteiger partial charge in [0.1, 0.15) is 0 Å². The molecule has 1 spiro atoms. The smallest absolute Gasteiger partial charge is 0.0415 e. The van der Waals surface area contributed by atoms with Crippen molar-refractivity contribution < 1.29 is 0 Å². The Morgan fingerprint density at radius 2 is 1.80 bits per heavy atom. The molecule has 0 radical (unpaired) electrons. The van der Waals surface area contributed by atoms with Crippen molar-refractivity contribution in [2.75, 3.05) is 24.5 Å². The Balaban J connectivity index is 1.53. The molecule has 1 aromatic rings. The summed E-state index contributed by atoms with van der Waals surface area (Å²) in [7, 11) is 0. The number of benzene rings is 1. The van der Waals surface area contributed by atoms with Crippen LogP contribution in [-0.4, -0.2) is 19.6 Å². The molecule has 1 saturated heterocycles. The first-order valence-corrected chi connectivity index (χ1v) is 8.43. The van der Waals surface area contributed by atoms with E-state index in [0.717, 1.165) is 13.1 Å². The summed E-state index contributed by atoms with van der Waals surface area (Å²) in [6.07, 6.45) is 9.99. The molecule has 2 heteroatoms. The second-order valence-corrected chi connectivity index (χ2v) is 7.11. The summed E-state index contributed by atoms with van der Waals surface area (Å²) in [5.41, 5.74) is 5.33. The standard InChI is InChI=1S/C18H26N2/c1-2-4-10-18(9-3-1)13-20(14-18)17-7-5-6-15-8-11-19-12-16(15)17/h5-7,19H,1-4,8-14H2. The molecule has 20 heavy (non-hydrogen) atoms. The number of hydrogen-bond donors (Lipinski definition) is 1. The third kappa shape index (κ3) is 2.14. The van der Waals surface area contributed by atoms with Crippen LogP contribution in [0.15, 0.2) is 18.2 Å². The first kappa shape index (κ1) is 12.7. The fraction of sp³-hybridized carbons (Fsp3) is 0.667. The van der Waals surface area contributed by atoms with Gasteiger partial charge in [-0.3, -0.25) is 0 Å². The van der Waals surface area contributed by atoms with Gasteiger partial charge in [-0.05, 0) is 43.0 Å². The zero-order chi connectivity index (χ0) is 13.4. The minimum absolute atomic E-state index is 0.668. The van der Waals surface area contributed by atoms with Gasteiger partial charge in [0.15, 0.2) is 0 Å². The summed E-state index contributed by atoms with van der Waals surface area (Å²) in [6.45, 7) is 4.82. The molecule has 0 amide bonds. The molecule has 0 unspecified atom stereocenters. The molecule has 1 aliphatic carbocycles. The largest absolute Gasteiger partial charge is 0.370 e. The Morgan fingerprint density at radius 3 is 2.60 bits per heavy atom. The lowest BCUT2D eigenvalue weighted by atomic mass is 9.73. The van der Waals surface area contributed by atoms with Gasteiger partial charge in [0.05, 0.1) is 0 Å². The van der Waals surface area contributed by atoms with E-state index in [2.05, 4.69) is 28.4 Å². The van der Waals surface area contributed by atoms with Crippen LogP contribution in [0, 0.1) is 5.41 Å². The van der Waals surface area contributed by atoms with Gasteiger partial charge in [-0.2, -0.15) is 0 Å². The summed E-state index contributed by atoms with van der Waals surface area (Å²) in [4.78, 5) is 2.65. The molecule has 0 aromatic heterocycles. The van der Waals surface area contributed by atoms with Crippen molar-refractivity contribution in [3.63, 3.8) is 0 Å². The van der Waals surface area contributed by atoms with E-state index in [1.165, 1.54) is 63.7 Å². The average molecular weight is 270 g/mol. The minimum atomic E-state index is 0.668. The monoisotopic (exact) mass is 270 g/mol. The lowest BCUT2D eigenvalue weighted by molar-refractivity contribution is 0.180. The predicted molar refractivity (Wildman–Crippen MR) is 84.2 cm³/mol. The lowest BCUT2D eigenvalue weighted by Crippen LogP contribution is -2.56. The van der Waals surface area contributed by atoms with E-state index in [4.69, 9.17) is 0 Å². The maximum Gasteiger partial charge on any atom is 0.0415 e. The summed E-state index contributed by atoms with van der Waals surface area (Å²) in [5.74, 6) is 0. The Morgan fingerprint density at radius 1 is 1.00 bits per heavy atom. The molecule has 0 bridgehead atoms. The summed E-state index contributed by atoms with van der Waals surface area (Å²) >= 11 is 0. The number of anilines is 1. The van der Waals surface area contributed by atoms with Crippen LogP contribution >= 0.6 is 0 Å². The van der Waals surface area contributed by atoms with Crippen LogP contribution in [0.3, 0.4) is 0 Å². The minimum Gasteiger partial charge on any atom is -0.370 e. The molecule has 2 aliphatic heterocycles. The van der Waals surface area contributed by atoms with Crippen molar-refractivity contribution in [1.82, 2.24) is 5.32 Å². The molecule has 1 aromatic carbocycles. The number of nitrogens with one attached hydrogen (secondary N) is 1. The number of rotatable bonds is 1. The zero-order valence-corrected chi connectivity index (χ0v) is 12.5. The maximum atomic E-state index is 3.54. The quantitative estimate of drug-likeness (QED) is 0.840. The van der Waals surface area contributed by atoms with E-state index >= 15 is 0 Å². The van der Waals surface area contributed by atoms with Crippen LogP contribution in [0.1, 0.15) is 49.7 Å². The summed E-state index contributed by atoms with van der Waals surface area (Å²) in [6, 6.07) is 6.92. The van der Waals surface area contributed by atoms with Crippen LogP contribution in [-0.2, 0) is 13.0 Å². The van der Waals surface area contributed by atoms with Crippen LogP contribution in [0.4, 0.5) is 5.69 Å². The van der Waals surface area contributed by atoms with Crippen molar-refractivity contribution in [1.29, 1.82) is 0 Å². The molecule has 0 atom stereocenters. The Hall–Kier alpha value is -1.02. The second-order valence-electron chi connectivity index (χ2n) is 7.11. The van der Waals surface area contributed by atoms with E-state index in [9.17, 15) is 0 Å². The van der Waals surface area contributed by atoms with Gasteiger partial charge in [0.25, 0.3) is 0 Å². The van der Waals surface area contributed by atoms with Gasteiger partial charge < -0.3 is 10.2 Å². The Bertz CT molecular complexity index is 478. The highest BCUT2D eigenvalue weighted by atomic mass is 15.2. The maximum absolute atomic E-state index is 3.54. The summed E-state index contributed by atoms with van der Waals surface area (Å²) in [5, 5.41) is 3.54. The SMILES string of the molecule is c1cc2c(c(N3CC4(CCCCCC4)C3)c1)CNCC2. The third-order valence-corrected chi connectivity index (χ3v) is 5.68. The number of nitrogens with zero attached hydrogens (tertiary/aromatic N) is 1. The lowest BCUT2D eigenvalue weighted by Gasteiger charge is -2.52. The molecule has 2 heterocycles. The fourth-order valence-electron chi connectivity index (χ4n) is 4.52. The highest BCUT2D eigenvalue weighted by molar-refractivity contribution is 5.59. The van der Waals surface area contributed by atoms with Crippen molar-refractivity contribution in [2.45, 2.75) is 51.5 Å². The van der Waals surface area contributed by atoms with Crippen molar-refractivity contribution in [2.24, 2.45) is 5.41 Å². The predicted octanol–water partition coefficient (Wildman–Crippen LogP) is 3.49. The molecule has 108 valence electrons. The van der Waals surface area contributed by atoms with Gasteiger partial charge in [-0.25, -0.2) is 0 Å². The fourth-order valence-corrected chi connectivity index (χ4v) is 4.52. The van der Waals surface area contributed by atoms with E-state index < -0.39 is 0 Å². The van der Waals surface area contributed by atoms with Gasteiger partial charge in [-0.1, -0.05) is 37.8 Å². The van der Waals surface area contributed by atoms with Crippen molar-refractivity contribution in [3.05, 3.63) is 29.3 Å². The van der Waals surface area contributed by atoms with E-state index in [-0.39, 0.29) is 0 Å². The molecule has 1 N–H and O–H groups in total. The molecule has 4 rings (SSSR count). The molecule has 1 saturated carbocycles. The van der Waals surface area contributed by atoms with Crippen LogP contribution < -0.4 is 10.2 Å². The van der Waals surface area contributed by atoms with Gasteiger partial charge in [0.2, 0.25) is 0 Å². The highest BCUT2D eigenvalue weighted by Crippen LogP contribution is 2.45. The molecule has 3 aliphatic rings. The number of hydrogen-bond acceptors (Lipinski definition) is 2. The molecule has 2 nitrogen and oxygen atoms in total. The molecular weight excluding hydrogens is 244 g/mol. The molecule has 2 fully saturated rings. The second kappa shape index (κ2) is 5.07. The third-order valence-electron chi connectivity index (χ3n) is 5.68.